The summed E-state index contributed by atoms with van der Waals surface area (Å²) in [4.78, 5) is 20.9. The number of benzene rings is 2. The maximum Gasteiger partial charge on any atom is 0.229 e. The van der Waals surface area contributed by atoms with Gasteiger partial charge >= 0.3 is 0 Å². The van der Waals surface area contributed by atoms with Gasteiger partial charge in [-0.05, 0) is 31.6 Å². The van der Waals surface area contributed by atoms with Crippen LogP contribution < -0.4 is 20.1 Å². The number of nitrogens with zero attached hydrogens (tertiary/aromatic N) is 2. The summed E-state index contributed by atoms with van der Waals surface area (Å²) in [5.74, 6) is 2.33. The van der Waals surface area contributed by atoms with Crippen molar-refractivity contribution in [2.75, 3.05) is 24.9 Å². The summed E-state index contributed by atoms with van der Waals surface area (Å²) in [6.45, 7) is 7.48. The number of hydrogen-bond donors (Lipinski definition) is 2. The molecule has 0 aliphatic carbocycles. The minimum absolute atomic E-state index is 0.0395. The van der Waals surface area contributed by atoms with Gasteiger partial charge in [-0.2, -0.15) is 4.98 Å². The van der Waals surface area contributed by atoms with E-state index >= 15 is 0 Å². The summed E-state index contributed by atoms with van der Waals surface area (Å²) in [5.41, 5.74) is 4.38. The number of ketones is 1. The lowest BCUT2D eigenvalue weighted by Gasteiger charge is -2.15. The fourth-order valence-corrected chi connectivity index (χ4v) is 3.02. The van der Waals surface area contributed by atoms with Gasteiger partial charge in [0, 0.05) is 47.8 Å². The predicted octanol–water partition coefficient (Wildman–Crippen LogP) is 4.90. The number of rotatable bonds is 9. The van der Waals surface area contributed by atoms with E-state index < -0.39 is 0 Å². The van der Waals surface area contributed by atoms with Crippen LogP contribution in [-0.2, 0) is 11.2 Å². The van der Waals surface area contributed by atoms with E-state index in [1.165, 1.54) is 6.08 Å². The minimum atomic E-state index is -0.0395. The maximum absolute atomic E-state index is 11.9. The molecular weight excluding hydrogens is 392 g/mol. The van der Waals surface area contributed by atoms with Crippen LogP contribution in [0.2, 0.25) is 0 Å². The van der Waals surface area contributed by atoms with Crippen LogP contribution in [0.4, 0.5) is 23.1 Å². The number of nitrogens with one attached hydrogen (secondary N) is 2. The lowest BCUT2D eigenvalue weighted by molar-refractivity contribution is -0.114. The standard InChI is InChI=1S/C24H26N4O3/c1-6-19(29)10-17-9-15(2)7-8-22(17)27-23-16(3)14-25-24(28-23)26-18-11-20(30-4)13-21(12-18)31-5/h6-9,11-14H,1,10H2,2-5H3,(H2,25,26,27,28). The molecule has 0 unspecified atom stereocenters. The van der Waals surface area contributed by atoms with Crippen LogP contribution in [0.3, 0.4) is 0 Å². The first-order valence-corrected chi connectivity index (χ1v) is 9.77. The number of ether oxygens (including phenoxy) is 2. The Kier molecular flexibility index (Phi) is 6.87. The fraction of sp³-hybridized carbons (Fsp3) is 0.208. The number of aryl methyl sites for hydroxylation is 2. The van der Waals surface area contributed by atoms with Crippen molar-refractivity contribution in [1.29, 1.82) is 0 Å². The van der Waals surface area contributed by atoms with E-state index in [1.54, 1.807) is 26.5 Å². The first kappa shape index (κ1) is 21.8. The molecule has 31 heavy (non-hydrogen) atoms. The van der Waals surface area contributed by atoms with Crippen molar-refractivity contribution in [3.05, 3.63) is 71.9 Å². The van der Waals surface area contributed by atoms with Gasteiger partial charge in [-0.3, -0.25) is 4.79 Å². The van der Waals surface area contributed by atoms with Crippen molar-refractivity contribution in [2.45, 2.75) is 20.3 Å². The second-order valence-corrected chi connectivity index (χ2v) is 7.08. The van der Waals surface area contributed by atoms with E-state index in [4.69, 9.17) is 9.47 Å². The van der Waals surface area contributed by atoms with Crippen LogP contribution in [0.15, 0.2) is 55.3 Å². The van der Waals surface area contributed by atoms with Gasteiger partial charge in [0.1, 0.15) is 17.3 Å². The number of carbonyl (C=O) groups is 1. The van der Waals surface area contributed by atoms with E-state index in [0.717, 1.165) is 28.1 Å². The Morgan fingerprint density at radius 1 is 1.06 bits per heavy atom. The third kappa shape index (κ3) is 5.60. The third-order valence-electron chi connectivity index (χ3n) is 4.69. The zero-order chi connectivity index (χ0) is 22.4. The van der Waals surface area contributed by atoms with Crippen LogP contribution in [0.25, 0.3) is 0 Å². The van der Waals surface area contributed by atoms with E-state index in [0.29, 0.717) is 23.3 Å². The van der Waals surface area contributed by atoms with Gasteiger partial charge < -0.3 is 20.1 Å². The molecule has 160 valence electrons. The van der Waals surface area contributed by atoms with Gasteiger partial charge in [-0.15, -0.1) is 0 Å². The van der Waals surface area contributed by atoms with Gasteiger partial charge in [0.2, 0.25) is 5.95 Å². The molecule has 2 aromatic carbocycles. The number of aromatic nitrogens is 2. The zero-order valence-electron chi connectivity index (χ0n) is 18.2. The molecule has 0 amide bonds. The van der Waals surface area contributed by atoms with Gasteiger partial charge in [0.05, 0.1) is 14.2 Å². The molecule has 0 bridgehead atoms. The molecule has 3 rings (SSSR count). The van der Waals surface area contributed by atoms with E-state index in [1.807, 2.05) is 44.2 Å². The highest BCUT2D eigenvalue weighted by Gasteiger charge is 2.11. The molecule has 0 aliphatic heterocycles. The Morgan fingerprint density at radius 2 is 1.77 bits per heavy atom. The summed E-state index contributed by atoms with van der Waals surface area (Å²) in [7, 11) is 3.19. The van der Waals surface area contributed by atoms with Crippen LogP contribution in [0.1, 0.15) is 16.7 Å². The number of anilines is 4. The number of allylic oxidation sites excluding steroid dienone is 1. The Hall–Kier alpha value is -3.87. The van der Waals surface area contributed by atoms with E-state index in [9.17, 15) is 4.79 Å². The van der Waals surface area contributed by atoms with Gasteiger partial charge in [-0.25, -0.2) is 4.98 Å². The smallest absolute Gasteiger partial charge is 0.229 e. The largest absolute Gasteiger partial charge is 0.497 e. The van der Waals surface area contributed by atoms with Gasteiger partial charge in [0.15, 0.2) is 5.78 Å². The molecule has 2 N–H and O–H groups in total. The Labute approximate surface area is 182 Å². The first-order chi connectivity index (χ1) is 14.9. The number of carbonyl (C=O) groups excluding carboxylic acids is 1. The van der Waals surface area contributed by atoms with Crippen LogP contribution >= 0.6 is 0 Å². The van der Waals surface area contributed by atoms with Gasteiger partial charge in [-0.1, -0.05) is 24.3 Å². The average Bonchev–Trinajstić information content (AvgIpc) is 2.77. The SMILES string of the molecule is C=CC(=O)Cc1cc(C)ccc1Nc1nc(Nc2cc(OC)cc(OC)c2)ncc1C. The van der Waals surface area contributed by atoms with E-state index in [-0.39, 0.29) is 12.2 Å². The normalized spacial score (nSPS) is 10.3. The Bertz CT molecular complexity index is 1090. The molecule has 7 nitrogen and oxygen atoms in total. The lowest BCUT2D eigenvalue weighted by atomic mass is 10.0. The first-order valence-electron chi connectivity index (χ1n) is 9.77. The highest BCUT2D eigenvalue weighted by atomic mass is 16.5. The second-order valence-electron chi connectivity index (χ2n) is 7.08. The average molecular weight is 418 g/mol. The molecule has 0 spiro atoms. The summed E-state index contributed by atoms with van der Waals surface area (Å²) in [6.07, 6.45) is 3.34. The number of methoxy groups -OCH3 is 2. The van der Waals surface area contributed by atoms with Crippen molar-refractivity contribution >= 4 is 28.9 Å². The molecule has 0 saturated heterocycles. The minimum Gasteiger partial charge on any atom is -0.497 e. The molecule has 0 atom stereocenters. The Morgan fingerprint density at radius 3 is 2.42 bits per heavy atom. The molecule has 7 heteroatoms. The predicted molar refractivity (Wildman–Crippen MR) is 123 cm³/mol. The molecule has 0 radical (unpaired) electrons. The quantitative estimate of drug-likeness (QED) is 0.478. The molecular formula is C24H26N4O3. The summed E-state index contributed by atoms with van der Waals surface area (Å²) in [6, 6.07) is 11.4. The fourth-order valence-electron chi connectivity index (χ4n) is 3.02. The number of hydrogen-bond acceptors (Lipinski definition) is 7. The lowest BCUT2D eigenvalue weighted by Crippen LogP contribution is -2.06. The molecule has 0 saturated carbocycles. The van der Waals surface area contributed by atoms with Crippen molar-refractivity contribution < 1.29 is 14.3 Å². The molecule has 1 aromatic heterocycles. The summed E-state index contributed by atoms with van der Waals surface area (Å²) < 4.78 is 10.6. The molecule has 1 heterocycles. The molecule has 3 aromatic rings. The van der Waals surface area contributed by atoms with Gasteiger partial charge in [0.25, 0.3) is 0 Å². The van der Waals surface area contributed by atoms with Crippen LogP contribution in [0.5, 0.6) is 11.5 Å². The zero-order valence-corrected chi connectivity index (χ0v) is 18.2. The highest BCUT2D eigenvalue weighted by Crippen LogP contribution is 2.29. The second kappa shape index (κ2) is 9.75. The van der Waals surface area contributed by atoms with Crippen LogP contribution in [-0.4, -0.2) is 30.0 Å². The monoisotopic (exact) mass is 418 g/mol. The molecule has 0 fully saturated rings. The molecule has 0 aliphatic rings. The highest BCUT2D eigenvalue weighted by molar-refractivity contribution is 5.92. The third-order valence-corrected chi connectivity index (χ3v) is 4.69. The Balaban J connectivity index is 1.89. The van der Waals surface area contributed by atoms with Crippen molar-refractivity contribution in [1.82, 2.24) is 9.97 Å². The summed E-state index contributed by atoms with van der Waals surface area (Å²) >= 11 is 0. The van der Waals surface area contributed by atoms with Crippen molar-refractivity contribution in [2.24, 2.45) is 0 Å². The van der Waals surface area contributed by atoms with E-state index in [2.05, 4.69) is 27.2 Å². The summed E-state index contributed by atoms with van der Waals surface area (Å²) in [5, 5.41) is 6.52. The van der Waals surface area contributed by atoms with Crippen LogP contribution in [0, 0.1) is 13.8 Å². The topological polar surface area (TPSA) is 85.4 Å². The maximum atomic E-state index is 11.9. The van der Waals surface area contributed by atoms with Crippen molar-refractivity contribution in [3.8, 4) is 11.5 Å². The van der Waals surface area contributed by atoms with Crippen molar-refractivity contribution in [3.63, 3.8) is 0 Å².